The number of halogens is 4. The van der Waals surface area contributed by atoms with Crippen molar-refractivity contribution in [1.29, 1.82) is 0 Å². The molecule has 4 nitrogen and oxygen atoms in total. The molecular formula is C13H12F4N2O2. The number of allylic oxidation sites excluding steroid dienone is 2. The number of benzene rings is 1. The van der Waals surface area contributed by atoms with Gasteiger partial charge in [-0.05, 0) is 19.1 Å². The van der Waals surface area contributed by atoms with Crippen LogP contribution in [-0.2, 0) is 4.79 Å². The topological polar surface area (TPSA) is 62.0 Å². The summed E-state index contributed by atoms with van der Waals surface area (Å²) in [5, 5.41) is 15.8. The minimum absolute atomic E-state index is 0.215. The number of nitrogens with zero attached hydrogens (tertiary/aromatic N) is 2. The summed E-state index contributed by atoms with van der Waals surface area (Å²) in [6, 6.07) is 6.27. The summed E-state index contributed by atoms with van der Waals surface area (Å²) >= 11 is 0. The second kappa shape index (κ2) is 6.47. The minimum atomic E-state index is -4.87. The lowest BCUT2D eigenvalue weighted by Gasteiger charge is -2.15. The summed E-state index contributed by atoms with van der Waals surface area (Å²) in [5.74, 6) is -8.07. The molecule has 0 aliphatic carbocycles. The van der Waals surface area contributed by atoms with Crippen molar-refractivity contribution >= 4 is 11.5 Å². The molecule has 1 N–H and O–H groups in total. The molecule has 0 aliphatic rings. The van der Waals surface area contributed by atoms with E-state index in [9.17, 15) is 27.5 Å². The Labute approximate surface area is 117 Å². The van der Waals surface area contributed by atoms with Crippen LogP contribution in [0.3, 0.4) is 0 Å². The maximum absolute atomic E-state index is 13.0. The maximum atomic E-state index is 13.0. The highest BCUT2D eigenvalue weighted by Gasteiger charge is 2.48. The smallest absolute Gasteiger partial charge is 0.365 e. The molecule has 21 heavy (non-hydrogen) atoms. The lowest BCUT2D eigenvalue weighted by Crippen LogP contribution is -2.30. The number of azo groups is 1. The molecule has 0 aromatic heterocycles. The number of hydrogen-bond acceptors (Lipinski definition) is 4. The Bertz CT molecular complexity index is 580. The molecule has 1 aromatic carbocycles. The first-order valence-corrected chi connectivity index (χ1v) is 5.75. The zero-order valence-electron chi connectivity index (χ0n) is 11.1. The van der Waals surface area contributed by atoms with Crippen LogP contribution in [0.25, 0.3) is 0 Å². The highest BCUT2D eigenvalue weighted by Crippen LogP contribution is 2.32. The molecule has 114 valence electrons. The Kier molecular flexibility index (Phi) is 5.17. The van der Waals surface area contributed by atoms with E-state index in [1.54, 1.807) is 19.1 Å². The van der Waals surface area contributed by atoms with Gasteiger partial charge >= 0.3 is 12.3 Å². The van der Waals surface area contributed by atoms with E-state index in [0.717, 1.165) is 12.5 Å². The maximum Gasteiger partial charge on any atom is 0.365 e. The Morgan fingerprint density at radius 1 is 1.24 bits per heavy atom. The second-order valence-electron chi connectivity index (χ2n) is 4.21. The van der Waals surface area contributed by atoms with Crippen molar-refractivity contribution in [1.82, 2.24) is 0 Å². The predicted octanol–water partition coefficient (Wildman–Crippen LogP) is 4.34. The average molecular weight is 304 g/mol. The van der Waals surface area contributed by atoms with Crippen LogP contribution >= 0.6 is 0 Å². The van der Waals surface area contributed by atoms with E-state index in [0.29, 0.717) is 0 Å². The van der Waals surface area contributed by atoms with E-state index in [1.165, 1.54) is 12.1 Å². The SMILES string of the molecule is CC(=O)/C(N=Nc1ccc(C)cc1)=C(/O)C(F)(F)C(F)F. The van der Waals surface area contributed by atoms with E-state index >= 15 is 0 Å². The molecule has 0 amide bonds. The van der Waals surface area contributed by atoms with Crippen LogP contribution in [0.4, 0.5) is 23.2 Å². The molecule has 1 rings (SSSR count). The third-order valence-electron chi connectivity index (χ3n) is 2.45. The first-order chi connectivity index (χ1) is 9.66. The summed E-state index contributed by atoms with van der Waals surface area (Å²) in [6.45, 7) is 2.61. The molecule has 0 saturated heterocycles. The molecule has 0 atom stereocenters. The van der Waals surface area contributed by atoms with Crippen molar-refractivity contribution in [3.63, 3.8) is 0 Å². The molecule has 8 heteroatoms. The molecule has 0 aliphatic heterocycles. The molecule has 0 spiro atoms. The number of aryl methyl sites for hydroxylation is 1. The van der Waals surface area contributed by atoms with Crippen molar-refractivity contribution in [3.8, 4) is 0 Å². The van der Waals surface area contributed by atoms with Gasteiger partial charge in [0, 0.05) is 6.92 Å². The first kappa shape index (κ1) is 16.8. The van der Waals surface area contributed by atoms with Gasteiger partial charge in [0.15, 0.2) is 17.2 Å². The minimum Gasteiger partial charge on any atom is -0.504 e. The number of carbonyl (C=O) groups is 1. The third-order valence-corrected chi connectivity index (χ3v) is 2.45. The summed E-state index contributed by atoms with van der Waals surface area (Å²) in [7, 11) is 0. The van der Waals surface area contributed by atoms with Crippen LogP contribution in [-0.4, -0.2) is 23.2 Å². The number of aliphatic hydroxyl groups excluding tert-OH is 1. The normalized spacial score (nSPS) is 13.7. The molecule has 0 fully saturated rings. The molecular weight excluding hydrogens is 292 g/mol. The number of hydrogen-bond donors (Lipinski definition) is 1. The number of rotatable bonds is 5. The molecule has 0 saturated carbocycles. The number of aliphatic hydroxyl groups is 1. The van der Waals surface area contributed by atoms with Crippen LogP contribution in [0.1, 0.15) is 12.5 Å². The Hall–Kier alpha value is -2.25. The number of ketones is 1. The fourth-order valence-electron chi connectivity index (χ4n) is 1.26. The van der Waals surface area contributed by atoms with Gasteiger partial charge in [0.25, 0.3) is 0 Å². The lowest BCUT2D eigenvalue weighted by molar-refractivity contribution is -0.126. The zero-order chi connectivity index (χ0) is 16.2. The van der Waals surface area contributed by atoms with Gasteiger partial charge in [0.2, 0.25) is 0 Å². The largest absolute Gasteiger partial charge is 0.504 e. The van der Waals surface area contributed by atoms with Gasteiger partial charge < -0.3 is 5.11 Å². The van der Waals surface area contributed by atoms with Gasteiger partial charge in [0.05, 0.1) is 5.69 Å². The first-order valence-electron chi connectivity index (χ1n) is 5.75. The van der Waals surface area contributed by atoms with Crippen LogP contribution in [0, 0.1) is 6.92 Å². The van der Waals surface area contributed by atoms with E-state index < -0.39 is 29.6 Å². The van der Waals surface area contributed by atoms with Gasteiger partial charge in [-0.1, -0.05) is 17.7 Å². The average Bonchev–Trinajstić information content (AvgIpc) is 2.40. The van der Waals surface area contributed by atoms with Gasteiger partial charge in [0.1, 0.15) is 0 Å². The fraction of sp³-hybridized carbons (Fsp3) is 0.308. The predicted molar refractivity (Wildman–Crippen MR) is 67.0 cm³/mol. The molecule has 0 heterocycles. The van der Waals surface area contributed by atoms with Crippen molar-refractivity contribution in [2.75, 3.05) is 0 Å². The monoisotopic (exact) mass is 304 g/mol. The van der Waals surface area contributed by atoms with Gasteiger partial charge in [-0.25, -0.2) is 8.78 Å². The van der Waals surface area contributed by atoms with Crippen molar-refractivity contribution in [2.45, 2.75) is 26.2 Å². The van der Waals surface area contributed by atoms with Crippen LogP contribution in [0.2, 0.25) is 0 Å². The summed E-state index contributed by atoms with van der Waals surface area (Å²) < 4.78 is 50.4. The van der Waals surface area contributed by atoms with Gasteiger partial charge in [-0.3, -0.25) is 4.79 Å². The summed E-state index contributed by atoms with van der Waals surface area (Å²) in [5.41, 5.74) is -0.0863. The van der Waals surface area contributed by atoms with E-state index in [2.05, 4.69) is 10.2 Å². The lowest BCUT2D eigenvalue weighted by atomic mass is 10.2. The van der Waals surface area contributed by atoms with Crippen molar-refractivity contribution < 1.29 is 27.5 Å². The fourth-order valence-corrected chi connectivity index (χ4v) is 1.26. The van der Waals surface area contributed by atoms with E-state index in [-0.39, 0.29) is 5.69 Å². The van der Waals surface area contributed by atoms with Crippen LogP contribution in [0.5, 0.6) is 0 Å². The van der Waals surface area contributed by atoms with Gasteiger partial charge in [-0.15, -0.1) is 5.11 Å². The van der Waals surface area contributed by atoms with E-state index in [4.69, 9.17) is 0 Å². The highest BCUT2D eigenvalue weighted by molar-refractivity contribution is 5.93. The summed E-state index contributed by atoms with van der Waals surface area (Å²) in [6.07, 6.45) is -4.17. The summed E-state index contributed by atoms with van der Waals surface area (Å²) in [4.78, 5) is 11.2. The third kappa shape index (κ3) is 4.11. The Morgan fingerprint density at radius 2 is 1.76 bits per heavy atom. The molecule has 1 aromatic rings. The molecule has 0 bridgehead atoms. The zero-order valence-corrected chi connectivity index (χ0v) is 11.1. The van der Waals surface area contributed by atoms with Crippen molar-refractivity contribution in [2.24, 2.45) is 10.2 Å². The van der Waals surface area contributed by atoms with Crippen molar-refractivity contribution in [3.05, 3.63) is 41.3 Å². The second-order valence-corrected chi connectivity index (χ2v) is 4.21. The molecule has 0 unspecified atom stereocenters. The molecule has 0 radical (unpaired) electrons. The quantitative estimate of drug-likeness (QED) is 0.381. The van der Waals surface area contributed by atoms with E-state index in [1.807, 2.05) is 0 Å². The highest BCUT2D eigenvalue weighted by atomic mass is 19.3. The van der Waals surface area contributed by atoms with Crippen LogP contribution in [0.15, 0.2) is 46.0 Å². The van der Waals surface area contributed by atoms with Crippen LogP contribution < -0.4 is 0 Å². The standard InChI is InChI=1S/C13H12F4N2O2/c1-7-3-5-9(6-4-7)18-19-10(8(2)20)11(21)13(16,17)12(14)15/h3-6,12,21H,1-2H3/b11-10-,19-18?. The Morgan fingerprint density at radius 3 is 2.19 bits per heavy atom. The Balaban J connectivity index is 3.19. The number of Topliss-reactive ketones (excluding diaryl/α,β-unsaturated/α-hetero) is 1. The van der Waals surface area contributed by atoms with Gasteiger partial charge in [-0.2, -0.15) is 13.9 Å². The number of alkyl halides is 4. The number of carbonyl (C=O) groups excluding carboxylic acids is 1.